The van der Waals surface area contributed by atoms with Crippen LogP contribution in [0.2, 0.25) is 0 Å². The smallest absolute Gasteiger partial charge is 0.412 e. The highest BCUT2D eigenvalue weighted by molar-refractivity contribution is 5.85. The van der Waals surface area contributed by atoms with Crippen LogP contribution in [0.3, 0.4) is 0 Å². The molecule has 0 atom stereocenters. The second-order valence-electron chi connectivity index (χ2n) is 10.7. The van der Waals surface area contributed by atoms with Crippen LogP contribution in [0.25, 0.3) is 22.3 Å². The van der Waals surface area contributed by atoms with Gasteiger partial charge in [0.25, 0.3) is 11.1 Å². The Morgan fingerprint density at radius 3 is 1.77 bits per heavy atom. The maximum absolute atomic E-state index is 14.3. The van der Waals surface area contributed by atoms with E-state index in [1.165, 1.54) is 42.7 Å². The molecule has 16 heteroatoms. The minimum absolute atomic E-state index is 0.0411. The quantitative estimate of drug-likeness (QED) is 0.174. The number of ether oxygens (including phenoxy) is 3. The predicted octanol–water partition coefficient (Wildman–Crippen LogP) is 5.43. The lowest BCUT2D eigenvalue weighted by molar-refractivity contribution is 0.0635. The van der Waals surface area contributed by atoms with Crippen LogP contribution in [0.1, 0.15) is 20.8 Å². The number of amides is 1. The van der Waals surface area contributed by atoms with Gasteiger partial charge in [-0.25, -0.2) is 33.5 Å². The minimum Gasteiger partial charge on any atom is -0.455 e. The number of H-pyrrole nitrogens is 2. The average molecular weight is 645 g/mol. The fourth-order valence-corrected chi connectivity index (χ4v) is 3.91. The summed E-state index contributed by atoms with van der Waals surface area (Å²) in [6.07, 6.45) is 4.36. The number of pyridine rings is 2. The minimum atomic E-state index is -0.761. The van der Waals surface area contributed by atoms with Crippen molar-refractivity contribution in [2.75, 3.05) is 11.1 Å². The molecule has 0 radical (unpaired) electrons. The summed E-state index contributed by atoms with van der Waals surface area (Å²) in [5, 5.41) is 2.34. The molecule has 0 spiro atoms. The van der Waals surface area contributed by atoms with Gasteiger partial charge in [-0.3, -0.25) is 14.9 Å². The Hall–Kier alpha value is -6.45. The molecule has 4 heterocycles. The van der Waals surface area contributed by atoms with Gasteiger partial charge in [0, 0.05) is 36.7 Å². The number of rotatable bonds is 5. The van der Waals surface area contributed by atoms with Crippen LogP contribution in [0.4, 0.5) is 25.0 Å². The second-order valence-corrected chi connectivity index (χ2v) is 10.7. The van der Waals surface area contributed by atoms with Gasteiger partial charge in [0.15, 0.2) is 28.6 Å². The molecule has 0 saturated heterocycles. The van der Waals surface area contributed by atoms with Crippen molar-refractivity contribution in [1.29, 1.82) is 0 Å². The standard InChI is InChI=1S/C18H17FN4O4.C13H9FN4O2/c1-18(2,3)27-17(25)22-12-5-4-10(8-11(12)19)26-13-6-7-20-16-15(13)21-9-14(24)23-16;14-8-5-7(1-2-9(8)15)20-10-3-4-16-13-12(10)17-6-11(19)18-13/h4-9H,1-3H3,(H,22,25)(H,20,23,24);1-6H,15H2,(H,16,18,19). The molecule has 0 fully saturated rings. The van der Waals surface area contributed by atoms with Gasteiger partial charge in [0.2, 0.25) is 0 Å². The van der Waals surface area contributed by atoms with Crippen LogP contribution in [0.15, 0.2) is 82.9 Å². The molecule has 6 rings (SSSR count). The fraction of sp³-hybridized carbons (Fsp3) is 0.129. The van der Waals surface area contributed by atoms with E-state index in [-0.39, 0.29) is 34.1 Å². The zero-order valence-corrected chi connectivity index (χ0v) is 25.0. The molecule has 0 bridgehead atoms. The molecular weight excluding hydrogens is 618 g/mol. The first-order chi connectivity index (χ1) is 22.3. The van der Waals surface area contributed by atoms with Crippen molar-refractivity contribution in [3.05, 3.63) is 106 Å². The monoisotopic (exact) mass is 644 g/mol. The van der Waals surface area contributed by atoms with Crippen LogP contribution in [-0.4, -0.2) is 41.6 Å². The molecule has 0 unspecified atom stereocenters. The summed E-state index contributed by atoms with van der Waals surface area (Å²) in [6.45, 7) is 5.13. The molecule has 2 aromatic carbocycles. The number of benzene rings is 2. The third-order valence-corrected chi connectivity index (χ3v) is 5.88. The molecular formula is C31H26F2N8O6. The Morgan fingerprint density at radius 2 is 1.28 bits per heavy atom. The van der Waals surface area contributed by atoms with E-state index >= 15 is 0 Å². The highest BCUT2D eigenvalue weighted by atomic mass is 19.1. The summed E-state index contributed by atoms with van der Waals surface area (Å²) >= 11 is 0. The van der Waals surface area contributed by atoms with E-state index < -0.39 is 28.9 Å². The second kappa shape index (κ2) is 13.3. The SMILES string of the molecule is CC(C)(C)OC(=O)Nc1ccc(Oc2ccnc3[nH]c(=O)cnc23)cc1F.Nc1ccc(Oc2ccnc3[nH]c(=O)cnc23)cc1F. The molecule has 0 aliphatic heterocycles. The Bertz CT molecular complexity index is 2220. The summed E-state index contributed by atoms with van der Waals surface area (Å²) < 4.78 is 43.9. The highest BCUT2D eigenvalue weighted by Gasteiger charge is 2.18. The first kappa shape index (κ1) is 32.0. The van der Waals surface area contributed by atoms with Crippen molar-refractivity contribution in [3.63, 3.8) is 0 Å². The van der Waals surface area contributed by atoms with E-state index in [1.807, 2.05) is 0 Å². The van der Waals surface area contributed by atoms with Gasteiger partial charge < -0.3 is 29.9 Å². The molecule has 14 nitrogen and oxygen atoms in total. The van der Waals surface area contributed by atoms with Gasteiger partial charge in [-0.1, -0.05) is 0 Å². The Balaban J connectivity index is 0.000000193. The van der Waals surface area contributed by atoms with Gasteiger partial charge in [-0.2, -0.15) is 0 Å². The molecule has 5 N–H and O–H groups in total. The molecule has 0 aliphatic rings. The zero-order valence-electron chi connectivity index (χ0n) is 25.0. The molecule has 0 saturated carbocycles. The lowest BCUT2D eigenvalue weighted by Crippen LogP contribution is -2.27. The van der Waals surface area contributed by atoms with Crippen LogP contribution in [0, 0.1) is 11.6 Å². The van der Waals surface area contributed by atoms with E-state index in [2.05, 4.69) is 35.2 Å². The summed E-state index contributed by atoms with van der Waals surface area (Å²) in [5.41, 5.74) is 5.20. The molecule has 1 amide bonds. The number of halogens is 2. The highest BCUT2D eigenvalue weighted by Crippen LogP contribution is 2.29. The summed E-state index contributed by atoms with van der Waals surface area (Å²) in [6, 6.07) is 11.2. The van der Waals surface area contributed by atoms with E-state index in [0.717, 1.165) is 18.5 Å². The van der Waals surface area contributed by atoms with Crippen molar-refractivity contribution in [3.8, 4) is 23.0 Å². The fourth-order valence-electron chi connectivity index (χ4n) is 3.91. The number of nitrogens with two attached hydrogens (primary N) is 1. The molecule has 240 valence electrons. The van der Waals surface area contributed by atoms with Crippen molar-refractivity contribution in [2.24, 2.45) is 0 Å². The number of aromatic amines is 2. The number of nitrogens with one attached hydrogen (secondary N) is 3. The van der Waals surface area contributed by atoms with E-state index in [4.69, 9.17) is 19.9 Å². The normalized spacial score (nSPS) is 11.0. The number of anilines is 2. The van der Waals surface area contributed by atoms with E-state index in [1.54, 1.807) is 32.9 Å². The lowest BCUT2D eigenvalue weighted by atomic mass is 10.2. The number of aromatic nitrogens is 6. The number of nitrogen functional groups attached to an aromatic ring is 1. The van der Waals surface area contributed by atoms with E-state index in [9.17, 15) is 23.2 Å². The van der Waals surface area contributed by atoms with E-state index in [0.29, 0.717) is 28.2 Å². The van der Waals surface area contributed by atoms with Crippen LogP contribution < -0.4 is 31.6 Å². The number of nitrogens with zero attached hydrogens (tertiary/aromatic N) is 4. The maximum atomic E-state index is 14.3. The first-order valence-corrected chi connectivity index (χ1v) is 13.7. The number of hydrogen-bond donors (Lipinski definition) is 4. The van der Waals surface area contributed by atoms with Gasteiger partial charge in [0.1, 0.15) is 34.0 Å². The molecule has 4 aromatic heterocycles. The number of hydrogen-bond acceptors (Lipinski definition) is 11. The van der Waals surface area contributed by atoms with Gasteiger partial charge in [-0.15, -0.1) is 0 Å². The van der Waals surface area contributed by atoms with Crippen LogP contribution >= 0.6 is 0 Å². The zero-order chi connectivity index (χ0) is 33.7. The van der Waals surface area contributed by atoms with Crippen LogP contribution in [-0.2, 0) is 4.74 Å². The summed E-state index contributed by atoms with van der Waals surface area (Å²) in [7, 11) is 0. The Labute approximate surface area is 263 Å². The number of carbonyl (C=O) groups is 1. The molecule has 47 heavy (non-hydrogen) atoms. The van der Waals surface area contributed by atoms with Gasteiger partial charge in [0.05, 0.1) is 23.8 Å². The molecule has 6 aromatic rings. The van der Waals surface area contributed by atoms with Crippen molar-refractivity contribution >= 4 is 39.8 Å². The van der Waals surface area contributed by atoms with Crippen molar-refractivity contribution < 1.29 is 27.8 Å². The lowest BCUT2D eigenvalue weighted by Gasteiger charge is -2.19. The average Bonchev–Trinajstić information content (AvgIpc) is 3.00. The van der Waals surface area contributed by atoms with Crippen molar-refractivity contribution in [1.82, 2.24) is 29.9 Å². The molecule has 0 aliphatic carbocycles. The topological polar surface area (TPSA) is 200 Å². The Kier molecular flexibility index (Phi) is 9.02. The summed E-state index contributed by atoms with van der Waals surface area (Å²) in [5.74, 6) is -0.154. The predicted molar refractivity (Wildman–Crippen MR) is 168 cm³/mol. The van der Waals surface area contributed by atoms with Gasteiger partial charge >= 0.3 is 6.09 Å². The Morgan fingerprint density at radius 1 is 0.766 bits per heavy atom. The third-order valence-electron chi connectivity index (χ3n) is 5.88. The third kappa shape index (κ3) is 8.18. The van der Waals surface area contributed by atoms with Crippen molar-refractivity contribution in [2.45, 2.75) is 26.4 Å². The summed E-state index contributed by atoms with van der Waals surface area (Å²) in [4.78, 5) is 55.3. The number of fused-ring (bicyclic) bond motifs is 2. The number of carbonyl (C=O) groups excluding carboxylic acids is 1. The largest absolute Gasteiger partial charge is 0.455 e. The van der Waals surface area contributed by atoms with Gasteiger partial charge in [-0.05, 0) is 45.0 Å². The maximum Gasteiger partial charge on any atom is 0.412 e. The first-order valence-electron chi connectivity index (χ1n) is 13.7. The van der Waals surface area contributed by atoms with Crippen LogP contribution in [0.5, 0.6) is 23.0 Å².